The molecule has 0 fully saturated rings. The van der Waals surface area contributed by atoms with Gasteiger partial charge in [0.15, 0.2) is 6.61 Å². The number of ether oxygens (including phenoxy) is 1. The number of rotatable bonds is 6. The van der Waals surface area contributed by atoms with E-state index in [1.165, 1.54) is 17.0 Å². The highest BCUT2D eigenvalue weighted by Crippen LogP contribution is 2.33. The van der Waals surface area contributed by atoms with Crippen molar-refractivity contribution in [3.8, 4) is 5.75 Å². The summed E-state index contributed by atoms with van der Waals surface area (Å²) in [7, 11) is 3.38. The Morgan fingerprint density at radius 1 is 1.00 bits per heavy atom. The quantitative estimate of drug-likeness (QED) is 0.724. The Bertz CT molecular complexity index is 808. The number of nitrogens with zero attached hydrogens (tertiary/aromatic N) is 1. The van der Waals surface area contributed by atoms with Gasteiger partial charge in [0.1, 0.15) is 5.75 Å². The molecule has 5 nitrogen and oxygen atoms in total. The number of carbonyl (C=O) groups excluding carboxylic acids is 2. The Kier molecular flexibility index (Phi) is 7.14. The van der Waals surface area contributed by atoms with Crippen LogP contribution in [0.4, 0.5) is 0 Å². The van der Waals surface area contributed by atoms with Gasteiger partial charge in [0.25, 0.3) is 11.8 Å². The molecule has 2 amide bonds. The number of hydrogen-bond donors (Lipinski definition) is 1. The van der Waals surface area contributed by atoms with Crippen LogP contribution in [0, 0.1) is 0 Å². The van der Waals surface area contributed by atoms with Crippen molar-refractivity contribution >= 4 is 46.6 Å². The predicted octanol–water partition coefficient (Wildman–Crippen LogP) is 4.04. The van der Waals surface area contributed by atoms with Crippen molar-refractivity contribution in [3.05, 3.63) is 62.6 Å². The number of nitrogens with one attached hydrogen (secondary N) is 1. The molecule has 26 heavy (non-hydrogen) atoms. The standard InChI is InChI=1S/C18H17Cl3N2O3/c1-23(2)18(25)12-5-3-11(4-6-12)9-22-17(24)10-26-16-8-14(20)13(19)7-15(16)21/h3-8H,9-10H2,1-2H3,(H,22,24). The average molecular weight is 416 g/mol. The number of benzene rings is 2. The third-order valence-corrected chi connectivity index (χ3v) is 4.45. The minimum Gasteiger partial charge on any atom is -0.482 e. The van der Waals surface area contributed by atoms with Crippen LogP contribution in [0.15, 0.2) is 36.4 Å². The molecule has 0 bridgehead atoms. The van der Waals surface area contributed by atoms with Crippen molar-refractivity contribution in [3.63, 3.8) is 0 Å². The van der Waals surface area contributed by atoms with Crippen LogP contribution in [0.1, 0.15) is 15.9 Å². The van der Waals surface area contributed by atoms with Gasteiger partial charge in [-0.2, -0.15) is 0 Å². The first-order valence-corrected chi connectivity index (χ1v) is 8.76. The molecule has 0 radical (unpaired) electrons. The first-order chi connectivity index (χ1) is 12.3. The van der Waals surface area contributed by atoms with Crippen LogP contribution in [0.5, 0.6) is 5.75 Å². The van der Waals surface area contributed by atoms with Gasteiger partial charge in [-0.15, -0.1) is 0 Å². The summed E-state index contributed by atoms with van der Waals surface area (Å²) in [5.41, 5.74) is 1.45. The Morgan fingerprint density at radius 2 is 1.62 bits per heavy atom. The third-order valence-electron chi connectivity index (χ3n) is 3.43. The largest absolute Gasteiger partial charge is 0.482 e. The van der Waals surface area contributed by atoms with Gasteiger partial charge in [0, 0.05) is 32.3 Å². The summed E-state index contributed by atoms with van der Waals surface area (Å²) in [6.45, 7) is 0.0998. The second-order valence-corrected chi connectivity index (χ2v) is 6.88. The number of halogens is 3. The highest BCUT2D eigenvalue weighted by atomic mass is 35.5. The van der Waals surface area contributed by atoms with Gasteiger partial charge in [-0.05, 0) is 23.8 Å². The fraction of sp³-hybridized carbons (Fsp3) is 0.222. The monoisotopic (exact) mass is 414 g/mol. The van der Waals surface area contributed by atoms with Crippen molar-refractivity contribution in [2.24, 2.45) is 0 Å². The highest BCUT2D eigenvalue weighted by molar-refractivity contribution is 6.43. The molecule has 138 valence electrons. The molecular weight excluding hydrogens is 399 g/mol. The first kappa shape index (κ1) is 20.4. The summed E-state index contributed by atoms with van der Waals surface area (Å²) >= 11 is 17.7. The topological polar surface area (TPSA) is 58.6 Å². The van der Waals surface area contributed by atoms with Crippen molar-refractivity contribution in [1.29, 1.82) is 0 Å². The smallest absolute Gasteiger partial charge is 0.258 e. The molecule has 1 N–H and O–H groups in total. The summed E-state index contributed by atoms with van der Waals surface area (Å²) in [6.07, 6.45) is 0. The molecule has 0 heterocycles. The maximum absolute atomic E-state index is 11.9. The van der Waals surface area contributed by atoms with Gasteiger partial charge in [-0.3, -0.25) is 9.59 Å². The molecule has 0 spiro atoms. The molecule has 2 aromatic carbocycles. The van der Waals surface area contributed by atoms with E-state index in [1.807, 2.05) is 0 Å². The predicted molar refractivity (Wildman–Crippen MR) is 103 cm³/mol. The van der Waals surface area contributed by atoms with Gasteiger partial charge >= 0.3 is 0 Å². The zero-order valence-corrected chi connectivity index (χ0v) is 16.5. The van der Waals surface area contributed by atoms with Crippen LogP contribution >= 0.6 is 34.8 Å². The Labute approximate surface area is 166 Å². The van der Waals surface area contributed by atoms with Crippen molar-refractivity contribution in [2.45, 2.75) is 6.54 Å². The molecule has 0 unspecified atom stereocenters. The SMILES string of the molecule is CN(C)C(=O)c1ccc(CNC(=O)COc2cc(Cl)c(Cl)cc2Cl)cc1. The van der Waals surface area contributed by atoms with E-state index in [0.29, 0.717) is 22.2 Å². The lowest BCUT2D eigenvalue weighted by molar-refractivity contribution is -0.123. The van der Waals surface area contributed by atoms with Crippen LogP contribution in [0.3, 0.4) is 0 Å². The Hall–Kier alpha value is -1.95. The summed E-state index contributed by atoms with van der Waals surface area (Å²) in [5.74, 6) is -0.115. The van der Waals surface area contributed by atoms with E-state index in [9.17, 15) is 9.59 Å². The molecule has 0 saturated heterocycles. The Morgan fingerprint density at radius 3 is 2.23 bits per heavy atom. The second-order valence-electron chi connectivity index (χ2n) is 5.66. The van der Waals surface area contributed by atoms with Gasteiger partial charge in [-0.1, -0.05) is 46.9 Å². The fourth-order valence-corrected chi connectivity index (χ4v) is 2.62. The highest BCUT2D eigenvalue weighted by Gasteiger charge is 2.10. The van der Waals surface area contributed by atoms with Crippen molar-refractivity contribution in [2.75, 3.05) is 20.7 Å². The maximum atomic E-state index is 11.9. The van der Waals surface area contributed by atoms with Gasteiger partial charge in [0.05, 0.1) is 15.1 Å². The van der Waals surface area contributed by atoms with Gasteiger partial charge < -0.3 is 15.0 Å². The number of amides is 2. The maximum Gasteiger partial charge on any atom is 0.258 e. The third kappa shape index (κ3) is 5.53. The molecule has 8 heteroatoms. The van der Waals surface area contributed by atoms with Crippen LogP contribution in [0.25, 0.3) is 0 Å². The molecule has 0 atom stereocenters. The number of carbonyl (C=O) groups is 2. The second kappa shape index (κ2) is 9.12. The van der Waals surface area contributed by atoms with Crippen molar-refractivity contribution < 1.29 is 14.3 Å². The normalized spacial score (nSPS) is 10.3. The lowest BCUT2D eigenvalue weighted by Gasteiger charge is -2.11. The molecule has 2 aromatic rings. The summed E-state index contributed by atoms with van der Waals surface area (Å²) in [5, 5.41) is 3.60. The number of hydrogen-bond acceptors (Lipinski definition) is 3. The lowest BCUT2D eigenvalue weighted by atomic mass is 10.1. The van der Waals surface area contributed by atoms with Gasteiger partial charge in [-0.25, -0.2) is 0 Å². The van der Waals surface area contributed by atoms with E-state index in [4.69, 9.17) is 39.5 Å². The molecule has 0 aromatic heterocycles. The summed E-state index contributed by atoms with van der Waals surface area (Å²) < 4.78 is 5.36. The van der Waals surface area contributed by atoms with E-state index in [-0.39, 0.29) is 29.2 Å². The minimum atomic E-state index is -0.319. The van der Waals surface area contributed by atoms with E-state index in [0.717, 1.165) is 5.56 Å². The fourth-order valence-electron chi connectivity index (χ4n) is 2.03. The van der Waals surface area contributed by atoms with E-state index in [2.05, 4.69) is 5.32 Å². The van der Waals surface area contributed by atoms with Crippen LogP contribution in [-0.4, -0.2) is 37.4 Å². The molecule has 0 saturated carbocycles. The van der Waals surface area contributed by atoms with Crippen LogP contribution in [0.2, 0.25) is 15.1 Å². The average Bonchev–Trinajstić information content (AvgIpc) is 2.61. The summed E-state index contributed by atoms with van der Waals surface area (Å²) in [6, 6.07) is 9.92. The van der Waals surface area contributed by atoms with Crippen LogP contribution < -0.4 is 10.1 Å². The molecular formula is C18H17Cl3N2O3. The first-order valence-electron chi connectivity index (χ1n) is 7.62. The molecule has 0 aliphatic rings. The van der Waals surface area contributed by atoms with E-state index < -0.39 is 0 Å². The lowest BCUT2D eigenvalue weighted by Crippen LogP contribution is -2.28. The molecule has 2 rings (SSSR count). The Balaban J connectivity index is 1.85. The van der Waals surface area contributed by atoms with Crippen molar-refractivity contribution in [1.82, 2.24) is 10.2 Å². The molecule has 0 aliphatic carbocycles. The van der Waals surface area contributed by atoms with Crippen LogP contribution in [-0.2, 0) is 11.3 Å². The zero-order chi connectivity index (χ0) is 19.3. The summed E-state index contributed by atoms with van der Waals surface area (Å²) in [4.78, 5) is 25.2. The van der Waals surface area contributed by atoms with E-state index in [1.54, 1.807) is 38.4 Å². The minimum absolute atomic E-state index is 0.0764. The van der Waals surface area contributed by atoms with E-state index >= 15 is 0 Å². The zero-order valence-electron chi connectivity index (χ0n) is 14.2. The van der Waals surface area contributed by atoms with Gasteiger partial charge in [0.2, 0.25) is 0 Å². The molecule has 0 aliphatic heterocycles.